The standard InChI is InChI=1S/C14H29NO/c1-5-13(4,11-15)14(16)8-6-7-12(2,3)9-10-14/h16H,5-11,15H2,1-4H3. The second-order valence-electron chi connectivity index (χ2n) is 6.67. The normalized spacial score (nSPS) is 34.1. The van der Waals surface area contributed by atoms with E-state index in [2.05, 4.69) is 27.7 Å². The minimum atomic E-state index is -0.551. The van der Waals surface area contributed by atoms with Crippen LogP contribution in [-0.4, -0.2) is 17.3 Å². The van der Waals surface area contributed by atoms with E-state index in [0.717, 1.165) is 32.1 Å². The molecule has 1 saturated carbocycles. The van der Waals surface area contributed by atoms with Gasteiger partial charge in [-0.1, -0.05) is 34.1 Å². The van der Waals surface area contributed by atoms with Crippen molar-refractivity contribution in [3.05, 3.63) is 0 Å². The highest BCUT2D eigenvalue weighted by atomic mass is 16.3. The lowest BCUT2D eigenvalue weighted by Crippen LogP contribution is -2.50. The van der Waals surface area contributed by atoms with E-state index >= 15 is 0 Å². The van der Waals surface area contributed by atoms with Crippen LogP contribution in [0.2, 0.25) is 0 Å². The van der Waals surface area contributed by atoms with E-state index in [1.807, 2.05) is 0 Å². The molecule has 1 aliphatic carbocycles. The van der Waals surface area contributed by atoms with Crippen molar-refractivity contribution in [3.8, 4) is 0 Å². The monoisotopic (exact) mass is 227 g/mol. The van der Waals surface area contributed by atoms with Crippen molar-refractivity contribution in [2.24, 2.45) is 16.6 Å². The molecule has 0 aromatic carbocycles. The van der Waals surface area contributed by atoms with Crippen LogP contribution in [0, 0.1) is 10.8 Å². The molecule has 1 fully saturated rings. The molecule has 3 N–H and O–H groups in total. The molecule has 0 heterocycles. The summed E-state index contributed by atoms with van der Waals surface area (Å²) in [6, 6.07) is 0. The Balaban J connectivity index is 2.85. The van der Waals surface area contributed by atoms with Crippen LogP contribution in [0.15, 0.2) is 0 Å². The maximum absolute atomic E-state index is 10.9. The van der Waals surface area contributed by atoms with Crippen LogP contribution < -0.4 is 5.73 Å². The molecule has 2 nitrogen and oxygen atoms in total. The fourth-order valence-corrected chi connectivity index (χ4v) is 2.92. The number of hydrogen-bond acceptors (Lipinski definition) is 2. The van der Waals surface area contributed by atoms with Crippen molar-refractivity contribution >= 4 is 0 Å². The summed E-state index contributed by atoms with van der Waals surface area (Å²) in [5, 5.41) is 10.9. The Hall–Kier alpha value is -0.0800. The Bertz CT molecular complexity index is 233. The van der Waals surface area contributed by atoms with E-state index in [0.29, 0.717) is 12.0 Å². The largest absolute Gasteiger partial charge is 0.389 e. The number of aliphatic hydroxyl groups is 1. The summed E-state index contributed by atoms with van der Waals surface area (Å²) >= 11 is 0. The first-order valence-corrected chi connectivity index (χ1v) is 6.71. The number of rotatable bonds is 3. The molecule has 16 heavy (non-hydrogen) atoms. The highest BCUT2D eigenvalue weighted by Gasteiger charge is 2.46. The molecule has 1 rings (SSSR count). The summed E-state index contributed by atoms with van der Waals surface area (Å²) in [6.45, 7) is 9.49. The first-order valence-electron chi connectivity index (χ1n) is 6.71. The van der Waals surface area contributed by atoms with Gasteiger partial charge in [-0.3, -0.25) is 0 Å². The third-order valence-corrected chi connectivity index (χ3v) is 5.01. The summed E-state index contributed by atoms with van der Waals surface area (Å²) in [5.41, 5.74) is 5.61. The van der Waals surface area contributed by atoms with E-state index in [1.54, 1.807) is 0 Å². The van der Waals surface area contributed by atoms with E-state index in [1.165, 1.54) is 6.42 Å². The predicted octanol–water partition coefficient (Wildman–Crippen LogP) is 3.08. The minimum absolute atomic E-state index is 0.118. The lowest BCUT2D eigenvalue weighted by molar-refractivity contribution is -0.0863. The topological polar surface area (TPSA) is 46.2 Å². The van der Waals surface area contributed by atoms with E-state index in [4.69, 9.17) is 5.73 Å². The third kappa shape index (κ3) is 2.60. The summed E-state index contributed by atoms with van der Waals surface area (Å²) < 4.78 is 0. The van der Waals surface area contributed by atoms with E-state index < -0.39 is 5.60 Å². The van der Waals surface area contributed by atoms with Crippen LogP contribution in [0.4, 0.5) is 0 Å². The number of hydrogen-bond donors (Lipinski definition) is 2. The van der Waals surface area contributed by atoms with Crippen LogP contribution in [0.1, 0.15) is 66.2 Å². The van der Waals surface area contributed by atoms with Gasteiger partial charge in [-0.15, -0.1) is 0 Å². The first kappa shape index (κ1) is 14.0. The molecule has 0 bridgehead atoms. The van der Waals surface area contributed by atoms with E-state index in [-0.39, 0.29) is 5.41 Å². The van der Waals surface area contributed by atoms with Crippen LogP contribution in [0.25, 0.3) is 0 Å². The van der Waals surface area contributed by atoms with Gasteiger partial charge in [0.05, 0.1) is 5.60 Å². The van der Waals surface area contributed by atoms with Crippen molar-refractivity contribution in [2.45, 2.75) is 71.8 Å². The van der Waals surface area contributed by atoms with Gasteiger partial charge in [0.1, 0.15) is 0 Å². The molecular weight excluding hydrogens is 198 g/mol. The van der Waals surface area contributed by atoms with Crippen molar-refractivity contribution in [1.82, 2.24) is 0 Å². The molecule has 0 aromatic heterocycles. The highest BCUT2D eigenvalue weighted by molar-refractivity contribution is 4.98. The fraction of sp³-hybridized carbons (Fsp3) is 1.00. The lowest BCUT2D eigenvalue weighted by Gasteiger charge is -2.44. The smallest absolute Gasteiger partial charge is 0.0713 e. The summed E-state index contributed by atoms with van der Waals surface area (Å²) in [5.74, 6) is 0. The Morgan fingerprint density at radius 3 is 2.31 bits per heavy atom. The Morgan fingerprint density at radius 2 is 1.81 bits per heavy atom. The van der Waals surface area contributed by atoms with Gasteiger partial charge in [-0.05, 0) is 37.5 Å². The molecule has 2 heteroatoms. The molecular formula is C14H29NO. The van der Waals surface area contributed by atoms with Crippen LogP contribution >= 0.6 is 0 Å². The second kappa shape index (κ2) is 4.66. The van der Waals surface area contributed by atoms with Gasteiger partial charge < -0.3 is 10.8 Å². The summed E-state index contributed by atoms with van der Waals surface area (Å²) in [7, 11) is 0. The lowest BCUT2D eigenvalue weighted by atomic mass is 9.67. The quantitative estimate of drug-likeness (QED) is 0.728. The average Bonchev–Trinajstić information content (AvgIpc) is 2.38. The van der Waals surface area contributed by atoms with Crippen molar-refractivity contribution in [1.29, 1.82) is 0 Å². The van der Waals surface area contributed by atoms with Crippen LogP contribution in [0.5, 0.6) is 0 Å². The first-order chi connectivity index (χ1) is 7.29. The molecule has 0 aliphatic heterocycles. The Morgan fingerprint density at radius 1 is 1.19 bits per heavy atom. The average molecular weight is 227 g/mol. The van der Waals surface area contributed by atoms with Crippen molar-refractivity contribution in [3.63, 3.8) is 0 Å². The summed E-state index contributed by atoms with van der Waals surface area (Å²) in [6.07, 6.45) is 6.23. The molecule has 2 unspecified atom stereocenters. The molecule has 1 aliphatic rings. The molecule has 0 amide bonds. The Kier molecular flexibility index (Phi) is 4.07. The third-order valence-electron chi connectivity index (χ3n) is 5.01. The molecule has 0 aromatic rings. The molecule has 0 radical (unpaired) electrons. The zero-order valence-corrected chi connectivity index (χ0v) is 11.5. The van der Waals surface area contributed by atoms with Gasteiger partial charge >= 0.3 is 0 Å². The zero-order valence-electron chi connectivity index (χ0n) is 11.5. The van der Waals surface area contributed by atoms with Crippen molar-refractivity contribution in [2.75, 3.05) is 6.54 Å². The van der Waals surface area contributed by atoms with Crippen LogP contribution in [-0.2, 0) is 0 Å². The zero-order chi connectivity index (χ0) is 12.4. The molecule has 0 spiro atoms. The van der Waals surface area contributed by atoms with E-state index in [9.17, 15) is 5.11 Å². The van der Waals surface area contributed by atoms with Gasteiger partial charge in [0.2, 0.25) is 0 Å². The molecule has 2 atom stereocenters. The van der Waals surface area contributed by atoms with Gasteiger partial charge in [0, 0.05) is 12.0 Å². The van der Waals surface area contributed by atoms with Crippen molar-refractivity contribution < 1.29 is 5.11 Å². The van der Waals surface area contributed by atoms with Gasteiger partial charge in [-0.2, -0.15) is 0 Å². The minimum Gasteiger partial charge on any atom is -0.389 e. The fourth-order valence-electron chi connectivity index (χ4n) is 2.92. The molecule has 0 saturated heterocycles. The number of nitrogens with two attached hydrogens (primary N) is 1. The van der Waals surface area contributed by atoms with Gasteiger partial charge in [0.15, 0.2) is 0 Å². The highest BCUT2D eigenvalue weighted by Crippen LogP contribution is 2.46. The predicted molar refractivity (Wildman–Crippen MR) is 69.3 cm³/mol. The van der Waals surface area contributed by atoms with Crippen LogP contribution in [0.3, 0.4) is 0 Å². The maximum Gasteiger partial charge on any atom is 0.0713 e. The summed E-state index contributed by atoms with van der Waals surface area (Å²) in [4.78, 5) is 0. The maximum atomic E-state index is 10.9. The molecule has 96 valence electrons. The van der Waals surface area contributed by atoms with Gasteiger partial charge in [0.25, 0.3) is 0 Å². The second-order valence-corrected chi connectivity index (χ2v) is 6.67. The SMILES string of the molecule is CCC(C)(CN)C1(O)CCCC(C)(C)CC1. The van der Waals surface area contributed by atoms with Gasteiger partial charge in [-0.25, -0.2) is 0 Å². The Labute approximate surface area is 101 Å².